The first-order valence-electron chi connectivity index (χ1n) is 4.68. The van der Waals surface area contributed by atoms with Crippen LogP contribution in [0.25, 0.3) is 0 Å². The molecule has 0 aromatic heterocycles. The number of benzene rings is 1. The van der Waals surface area contributed by atoms with Gasteiger partial charge in [0.15, 0.2) is 0 Å². The first-order chi connectivity index (χ1) is 6.79. The summed E-state index contributed by atoms with van der Waals surface area (Å²) in [6.07, 6.45) is 0.604. The molecule has 1 unspecified atom stereocenters. The summed E-state index contributed by atoms with van der Waals surface area (Å²) in [4.78, 5) is 11.1. The van der Waals surface area contributed by atoms with E-state index in [4.69, 9.17) is 4.74 Å². The van der Waals surface area contributed by atoms with E-state index < -0.39 is 0 Å². The summed E-state index contributed by atoms with van der Waals surface area (Å²) in [5, 5.41) is 3.17. The highest BCUT2D eigenvalue weighted by atomic mass is 35.5. The van der Waals surface area contributed by atoms with Gasteiger partial charge >= 0.3 is 0 Å². The lowest BCUT2D eigenvalue weighted by Crippen LogP contribution is -2.13. The Kier molecular flexibility index (Phi) is 4.12. The Morgan fingerprint density at radius 3 is 2.47 bits per heavy atom. The van der Waals surface area contributed by atoms with Crippen molar-refractivity contribution in [1.29, 1.82) is 0 Å². The Hall–Kier alpha value is -1.06. The fourth-order valence-electron chi connectivity index (χ4n) is 1.68. The van der Waals surface area contributed by atoms with Crippen molar-refractivity contribution in [2.24, 2.45) is 0 Å². The molecule has 1 atom stereocenters. The Morgan fingerprint density at radius 2 is 2.00 bits per heavy atom. The molecule has 0 aliphatic carbocycles. The minimum absolute atomic E-state index is 0. The summed E-state index contributed by atoms with van der Waals surface area (Å²) >= 11 is 0. The van der Waals surface area contributed by atoms with Gasteiger partial charge in [0, 0.05) is 12.5 Å². The van der Waals surface area contributed by atoms with Crippen LogP contribution in [0.4, 0.5) is 0 Å². The largest absolute Gasteiger partial charge is 0.497 e. The molecular weight excluding hydrogens is 214 g/mol. The van der Waals surface area contributed by atoms with Crippen molar-refractivity contribution in [2.45, 2.75) is 12.5 Å². The van der Waals surface area contributed by atoms with Crippen LogP contribution in [-0.2, 0) is 4.79 Å². The van der Waals surface area contributed by atoms with Crippen LogP contribution >= 0.6 is 12.4 Å². The van der Waals surface area contributed by atoms with Crippen LogP contribution in [0.1, 0.15) is 18.0 Å². The van der Waals surface area contributed by atoms with Crippen molar-refractivity contribution in [3.05, 3.63) is 29.8 Å². The highest BCUT2D eigenvalue weighted by molar-refractivity contribution is 5.85. The second-order valence-corrected chi connectivity index (χ2v) is 3.45. The summed E-state index contributed by atoms with van der Waals surface area (Å²) in [7, 11) is 1.65. The molecule has 1 aromatic carbocycles. The smallest absolute Gasteiger partial charge is 0.148 e. The first kappa shape index (κ1) is 12.0. The van der Waals surface area contributed by atoms with Crippen molar-refractivity contribution in [2.75, 3.05) is 13.7 Å². The molecule has 0 radical (unpaired) electrons. The lowest BCUT2D eigenvalue weighted by atomic mass is 10.1. The van der Waals surface area contributed by atoms with Gasteiger partial charge < -0.3 is 10.1 Å². The first-order valence-corrected chi connectivity index (χ1v) is 4.68. The van der Waals surface area contributed by atoms with Crippen molar-refractivity contribution in [1.82, 2.24) is 5.32 Å². The molecule has 1 saturated heterocycles. The zero-order valence-corrected chi connectivity index (χ0v) is 9.34. The van der Waals surface area contributed by atoms with Gasteiger partial charge in [0.25, 0.3) is 0 Å². The molecule has 82 valence electrons. The number of ether oxygens (including phenoxy) is 1. The molecule has 0 saturated carbocycles. The van der Waals surface area contributed by atoms with E-state index in [0.29, 0.717) is 13.0 Å². The number of nitrogens with one attached hydrogen (secondary N) is 1. The van der Waals surface area contributed by atoms with Crippen LogP contribution < -0.4 is 10.1 Å². The molecule has 1 aliphatic heterocycles. The lowest BCUT2D eigenvalue weighted by Gasteiger charge is -2.09. The maximum Gasteiger partial charge on any atom is 0.148 e. The number of hydrogen-bond donors (Lipinski definition) is 1. The number of hydrogen-bond acceptors (Lipinski definition) is 3. The minimum atomic E-state index is 0. The lowest BCUT2D eigenvalue weighted by molar-refractivity contribution is -0.116. The highest BCUT2D eigenvalue weighted by Gasteiger charge is 2.22. The van der Waals surface area contributed by atoms with E-state index in [0.717, 1.165) is 11.3 Å². The quantitative estimate of drug-likeness (QED) is 0.836. The fraction of sp³-hybridized carbons (Fsp3) is 0.364. The zero-order chi connectivity index (χ0) is 9.97. The summed E-state index contributed by atoms with van der Waals surface area (Å²) in [6.45, 7) is 0.497. The molecule has 1 aromatic rings. The molecule has 1 fully saturated rings. The third-order valence-electron chi connectivity index (χ3n) is 2.50. The second-order valence-electron chi connectivity index (χ2n) is 3.45. The number of methoxy groups -OCH3 is 1. The van der Waals surface area contributed by atoms with Crippen LogP contribution in [0.15, 0.2) is 24.3 Å². The third kappa shape index (κ3) is 2.70. The standard InChI is InChI=1S/C11H13NO2.ClH/c1-14-10-4-2-8(3-5-10)11-6-9(13)7-12-11;/h2-5,11-12H,6-7H2,1H3;1H. The molecule has 15 heavy (non-hydrogen) atoms. The van der Waals surface area contributed by atoms with Gasteiger partial charge in [0.05, 0.1) is 13.7 Å². The van der Waals surface area contributed by atoms with E-state index >= 15 is 0 Å². The van der Waals surface area contributed by atoms with E-state index in [1.807, 2.05) is 24.3 Å². The zero-order valence-electron chi connectivity index (χ0n) is 8.53. The predicted octanol–water partition coefficient (Wildman–Crippen LogP) is 1.72. The number of ketones is 1. The molecule has 0 spiro atoms. The summed E-state index contributed by atoms with van der Waals surface area (Å²) in [5.41, 5.74) is 1.15. The van der Waals surface area contributed by atoms with Gasteiger partial charge in [-0.2, -0.15) is 0 Å². The summed E-state index contributed by atoms with van der Waals surface area (Å²) in [5.74, 6) is 1.13. The number of carbonyl (C=O) groups is 1. The summed E-state index contributed by atoms with van der Waals surface area (Å²) < 4.78 is 5.07. The maximum absolute atomic E-state index is 11.1. The molecule has 0 bridgehead atoms. The summed E-state index contributed by atoms with van der Waals surface area (Å²) in [6, 6.07) is 8.01. The van der Waals surface area contributed by atoms with Gasteiger partial charge in [-0.3, -0.25) is 4.79 Å². The Bertz CT molecular complexity index is 337. The topological polar surface area (TPSA) is 38.3 Å². The van der Waals surface area contributed by atoms with E-state index in [1.54, 1.807) is 7.11 Å². The van der Waals surface area contributed by atoms with Crippen molar-refractivity contribution >= 4 is 18.2 Å². The second kappa shape index (κ2) is 5.14. The molecule has 1 heterocycles. The minimum Gasteiger partial charge on any atom is -0.497 e. The van der Waals surface area contributed by atoms with Gasteiger partial charge in [0.1, 0.15) is 11.5 Å². The van der Waals surface area contributed by atoms with Crippen LogP contribution in [0, 0.1) is 0 Å². The predicted molar refractivity (Wildman–Crippen MR) is 60.6 cm³/mol. The Balaban J connectivity index is 0.00000112. The van der Waals surface area contributed by atoms with Crippen LogP contribution in [0.2, 0.25) is 0 Å². The molecule has 0 amide bonds. The van der Waals surface area contributed by atoms with Gasteiger partial charge in [-0.1, -0.05) is 12.1 Å². The van der Waals surface area contributed by atoms with E-state index in [1.165, 1.54) is 0 Å². The van der Waals surface area contributed by atoms with Crippen LogP contribution in [-0.4, -0.2) is 19.4 Å². The van der Waals surface area contributed by atoms with Crippen molar-refractivity contribution in [3.8, 4) is 5.75 Å². The Morgan fingerprint density at radius 1 is 1.33 bits per heavy atom. The third-order valence-corrected chi connectivity index (χ3v) is 2.50. The van der Waals surface area contributed by atoms with Crippen LogP contribution in [0.3, 0.4) is 0 Å². The Labute approximate surface area is 95.2 Å². The molecule has 2 rings (SSSR count). The number of carbonyl (C=O) groups excluding carboxylic acids is 1. The average Bonchev–Trinajstić information content (AvgIpc) is 2.65. The van der Waals surface area contributed by atoms with Gasteiger partial charge in [0.2, 0.25) is 0 Å². The highest BCUT2D eigenvalue weighted by Crippen LogP contribution is 2.23. The van der Waals surface area contributed by atoms with Crippen molar-refractivity contribution < 1.29 is 9.53 Å². The number of halogens is 1. The SMILES string of the molecule is COc1ccc(C2CC(=O)CN2)cc1.Cl. The number of Topliss-reactive ketones (excluding diaryl/α,β-unsaturated/α-hetero) is 1. The van der Waals surface area contributed by atoms with Gasteiger partial charge in [-0.05, 0) is 17.7 Å². The molecule has 4 heteroatoms. The molecule has 1 N–H and O–H groups in total. The maximum atomic E-state index is 11.1. The normalized spacial score (nSPS) is 19.8. The molecular formula is C11H14ClNO2. The van der Waals surface area contributed by atoms with E-state index in [-0.39, 0.29) is 24.2 Å². The van der Waals surface area contributed by atoms with Gasteiger partial charge in [-0.15, -0.1) is 12.4 Å². The van der Waals surface area contributed by atoms with Crippen LogP contribution in [0.5, 0.6) is 5.75 Å². The van der Waals surface area contributed by atoms with Gasteiger partial charge in [-0.25, -0.2) is 0 Å². The molecule has 1 aliphatic rings. The average molecular weight is 228 g/mol. The number of rotatable bonds is 2. The fourth-order valence-corrected chi connectivity index (χ4v) is 1.68. The monoisotopic (exact) mass is 227 g/mol. The molecule has 3 nitrogen and oxygen atoms in total. The van der Waals surface area contributed by atoms with E-state index in [2.05, 4.69) is 5.32 Å². The van der Waals surface area contributed by atoms with E-state index in [9.17, 15) is 4.79 Å². The van der Waals surface area contributed by atoms with Crippen molar-refractivity contribution in [3.63, 3.8) is 0 Å².